The minimum absolute atomic E-state index is 0.359. The number of aryl methyl sites for hydroxylation is 1. The molecule has 1 aromatic rings. The van der Waals surface area contributed by atoms with E-state index in [1.807, 2.05) is 13.0 Å². The van der Waals surface area contributed by atoms with Crippen molar-refractivity contribution in [2.24, 2.45) is 0 Å². The van der Waals surface area contributed by atoms with E-state index in [9.17, 15) is 0 Å². The van der Waals surface area contributed by atoms with E-state index in [2.05, 4.69) is 14.9 Å². The Hall–Kier alpha value is -1.20. The van der Waals surface area contributed by atoms with E-state index in [-0.39, 0.29) is 0 Å². The van der Waals surface area contributed by atoms with Gasteiger partial charge in [-0.2, -0.15) is 0 Å². The van der Waals surface area contributed by atoms with Crippen LogP contribution in [0.15, 0.2) is 6.07 Å². The standard InChI is InChI=1S/C10H16N4O/c1-8-6-9(13-10(11)12-8)7-14-2-4-15-5-3-14/h6H,2-5,7H2,1H3,(H2,11,12,13). The van der Waals surface area contributed by atoms with Crippen molar-refractivity contribution in [3.63, 3.8) is 0 Å². The lowest BCUT2D eigenvalue weighted by Crippen LogP contribution is -2.35. The van der Waals surface area contributed by atoms with E-state index in [1.54, 1.807) is 0 Å². The highest BCUT2D eigenvalue weighted by Gasteiger charge is 2.11. The Kier molecular flexibility index (Phi) is 3.13. The molecule has 2 N–H and O–H groups in total. The SMILES string of the molecule is Cc1cc(CN2CCOCC2)nc(N)n1. The molecule has 0 saturated carbocycles. The van der Waals surface area contributed by atoms with E-state index >= 15 is 0 Å². The first-order valence-corrected chi connectivity index (χ1v) is 5.14. The molecule has 5 heteroatoms. The molecule has 2 rings (SSSR count). The first-order valence-electron chi connectivity index (χ1n) is 5.14. The summed E-state index contributed by atoms with van der Waals surface area (Å²) < 4.78 is 5.29. The maximum atomic E-state index is 5.60. The molecule has 0 radical (unpaired) electrons. The monoisotopic (exact) mass is 208 g/mol. The molecule has 2 heterocycles. The fourth-order valence-electron chi connectivity index (χ4n) is 1.73. The van der Waals surface area contributed by atoms with Gasteiger partial charge >= 0.3 is 0 Å². The van der Waals surface area contributed by atoms with Crippen LogP contribution in [-0.2, 0) is 11.3 Å². The van der Waals surface area contributed by atoms with Crippen LogP contribution in [0.3, 0.4) is 0 Å². The Morgan fingerprint density at radius 1 is 1.40 bits per heavy atom. The number of rotatable bonds is 2. The quantitative estimate of drug-likeness (QED) is 0.752. The minimum atomic E-state index is 0.359. The molecule has 1 saturated heterocycles. The van der Waals surface area contributed by atoms with Crippen LogP contribution in [0.2, 0.25) is 0 Å². The van der Waals surface area contributed by atoms with Crippen LogP contribution in [0.4, 0.5) is 5.95 Å². The van der Waals surface area contributed by atoms with E-state index in [0.29, 0.717) is 5.95 Å². The smallest absolute Gasteiger partial charge is 0.220 e. The topological polar surface area (TPSA) is 64.3 Å². The number of morpholine rings is 1. The van der Waals surface area contributed by atoms with E-state index in [4.69, 9.17) is 10.5 Å². The molecule has 0 spiro atoms. The maximum Gasteiger partial charge on any atom is 0.220 e. The molecule has 82 valence electrons. The molecular formula is C10H16N4O. The second kappa shape index (κ2) is 4.55. The van der Waals surface area contributed by atoms with Crippen LogP contribution in [0.5, 0.6) is 0 Å². The second-order valence-corrected chi connectivity index (χ2v) is 3.75. The Morgan fingerprint density at radius 2 is 2.13 bits per heavy atom. The van der Waals surface area contributed by atoms with Crippen LogP contribution < -0.4 is 5.73 Å². The Morgan fingerprint density at radius 3 is 2.80 bits per heavy atom. The normalized spacial score (nSPS) is 17.9. The van der Waals surface area contributed by atoms with Crippen molar-refractivity contribution in [2.45, 2.75) is 13.5 Å². The van der Waals surface area contributed by atoms with E-state index in [1.165, 1.54) is 0 Å². The molecule has 15 heavy (non-hydrogen) atoms. The van der Waals surface area contributed by atoms with Crippen molar-refractivity contribution in [3.8, 4) is 0 Å². The molecule has 0 unspecified atom stereocenters. The van der Waals surface area contributed by atoms with Gasteiger partial charge in [-0.1, -0.05) is 0 Å². The molecule has 1 aliphatic rings. The number of ether oxygens (including phenoxy) is 1. The summed E-state index contributed by atoms with van der Waals surface area (Å²) in [5, 5.41) is 0. The summed E-state index contributed by atoms with van der Waals surface area (Å²) in [7, 11) is 0. The number of aromatic nitrogens is 2. The number of anilines is 1. The van der Waals surface area contributed by atoms with Crippen molar-refractivity contribution in [2.75, 3.05) is 32.0 Å². The summed E-state index contributed by atoms with van der Waals surface area (Å²) in [5.74, 6) is 0.359. The first kappa shape index (κ1) is 10.3. The van der Waals surface area contributed by atoms with Crippen molar-refractivity contribution in [3.05, 3.63) is 17.5 Å². The molecule has 1 aromatic heterocycles. The molecule has 0 aliphatic carbocycles. The molecule has 0 atom stereocenters. The van der Waals surface area contributed by atoms with Crippen molar-refractivity contribution < 1.29 is 4.74 Å². The third-order valence-corrected chi connectivity index (χ3v) is 2.41. The van der Waals surface area contributed by atoms with E-state index < -0.39 is 0 Å². The van der Waals surface area contributed by atoms with Gasteiger partial charge in [0.15, 0.2) is 0 Å². The highest BCUT2D eigenvalue weighted by atomic mass is 16.5. The average Bonchev–Trinajstić information content (AvgIpc) is 2.17. The molecule has 0 amide bonds. The Labute approximate surface area is 89.3 Å². The van der Waals surface area contributed by atoms with Crippen molar-refractivity contribution in [1.82, 2.24) is 14.9 Å². The van der Waals surface area contributed by atoms with Gasteiger partial charge in [-0.05, 0) is 13.0 Å². The number of nitrogens with two attached hydrogens (primary N) is 1. The van der Waals surface area contributed by atoms with Crippen molar-refractivity contribution >= 4 is 5.95 Å². The zero-order chi connectivity index (χ0) is 10.7. The van der Waals surface area contributed by atoms with Crippen LogP contribution >= 0.6 is 0 Å². The van der Waals surface area contributed by atoms with Gasteiger partial charge in [-0.15, -0.1) is 0 Å². The molecular weight excluding hydrogens is 192 g/mol. The zero-order valence-corrected chi connectivity index (χ0v) is 8.94. The predicted octanol–water partition coefficient (Wildman–Crippen LogP) is 0.199. The van der Waals surface area contributed by atoms with Gasteiger partial charge in [0.25, 0.3) is 0 Å². The third-order valence-electron chi connectivity index (χ3n) is 2.41. The van der Waals surface area contributed by atoms with Crippen molar-refractivity contribution in [1.29, 1.82) is 0 Å². The molecule has 0 bridgehead atoms. The summed E-state index contributed by atoms with van der Waals surface area (Å²) in [5.41, 5.74) is 7.51. The number of nitrogen functional groups attached to an aromatic ring is 1. The van der Waals surface area contributed by atoms with Gasteiger partial charge in [0.1, 0.15) is 0 Å². The largest absolute Gasteiger partial charge is 0.379 e. The summed E-state index contributed by atoms with van der Waals surface area (Å²) in [6.45, 7) is 6.29. The predicted molar refractivity (Wildman–Crippen MR) is 57.3 cm³/mol. The van der Waals surface area contributed by atoms with E-state index in [0.717, 1.165) is 44.2 Å². The van der Waals surface area contributed by atoms with Gasteiger partial charge in [0, 0.05) is 25.3 Å². The lowest BCUT2D eigenvalue weighted by atomic mass is 10.3. The fraction of sp³-hybridized carbons (Fsp3) is 0.600. The lowest BCUT2D eigenvalue weighted by Gasteiger charge is -2.26. The van der Waals surface area contributed by atoms with Gasteiger partial charge < -0.3 is 10.5 Å². The second-order valence-electron chi connectivity index (χ2n) is 3.75. The Balaban J connectivity index is 2.02. The highest BCUT2D eigenvalue weighted by Crippen LogP contribution is 2.07. The minimum Gasteiger partial charge on any atom is -0.379 e. The summed E-state index contributed by atoms with van der Waals surface area (Å²) in [6.07, 6.45) is 0. The van der Waals surface area contributed by atoms with Gasteiger partial charge in [-0.3, -0.25) is 4.90 Å². The van der Waals surface area contributed by atoms with Gasteiger partial charge in [0.2, 0.25) is 5.95 Å². The van der Waals surface area contributed by atoms with Gasteiger partial charge in [-0.25, -0.2) is 9.97 Å². The molecule has 1 aliphatic heterocycles. The summed E-state index contributed by atoms with van der Waals surface area (Å²) in [6, 6.07) is 1.98. The summed E-state index contributed by atoms with van der Waals surface area (Å²) in [4.78, 5) is 10.6. The first-order chi connectivity index (χ1) is 7.24. The van der Waals surface area contributed by atoms with Crippen LogP contribution in [0, 0.1) is 6.92 Å². The number of hydrogen-bond acceptors (Lipinski definition) is 5. The van der Waals surface area contributed by atoms with Crippen LogP contribution in [0.25, 0.3) is 0 Å². The molecule has 5 nitrogen and oxygen atoms in total. The van der Waals surface area contributed by atoms with Crippen LogP contribution in [-0.4, -0.2) is 41.2 Å². The number of nitrogens with zero attached hydrogens (tertiary/aromatic N) is 3. The number of hydrogen-bond donors (Lipinski definition) is 1. The molecule has 0 aromatic carbocycles. The fourth-order valence-corrected chi connectivity index (χ4v) is 1.73. The lowest BCUT2D eigenvalue weighted by molar-refractivity contribution is 0.0336. The Bertz CT molecular complexity index is 316. The summed E-state index contributed by atoms with van der Waals surface area (Å²) >= 11 is 0. The highest BCUT2D eigenvalue weighted by molar-refractivity contribution is 5.21. The average molecular weight is 208 g/mol. The zero-order valence-electron chi connectivity index (χ0n) is 8.94. The third kappa shape index (κ3) is 2.87. The molecule has 1 fully saturated rings. The van der Waals surface area contributed by atoms with Crippen LogP contribution in [0.1, 0.15) is 11.4 Å². The maximum absolute atomic E-state index is 5.60. The van der Waals surface area contributed by atoms with Gasteiger partial charge in [0.05, 0.1) is 18.9 Å².